The van der Waals surface area contributed by atoms with Crippen LogP contribution in [-0.4, -0.2) is 31.4 Å². The molecule has 3 nitrogen and oxygen atoms in total. The van der Waals surface area contributed by atoms with Gasteiger partial charge in [-0.05, 0) is 43.1 Å². The first kappa shape index (κ1) is 15.5. The Balaban J connectivity index is 1.82. The normalized spacial score (nSPS) is 12.1. The Hall–Kier alpha value is -1.84. The van der Waals surface area contributed by atoms with Gasteiger partial charge in [0.15, 0.2) is 0 Å². The van der Waals surface area contributed by atoms with Crippen molar-refractivity contribution in [2.24, 2.45) is 0 Å². The summed E-state index contributed by atoms with van der Waals surface area (Å²) in [7, 11) is 1.85. The van der Waals surface area contributed by atoms with Crippen LogP contribution >= 0.6 is 0 Å². The number of rotatable bonds is 8. The van der Waals surface area contributed by atoms with Crippen LogP contribution in [0.1, 0.15) is 17.5 Å². The van der Waals surface area contributed by atoms with E-state index in [0.717, 1.165) is 18.6 Å². The SMILES string of the molecule is CNC(CO)CCOc1ccc(Cc2ccccc2)cc1. The molecule has 21 heavy (non-hydrogen) atoms. The largest absolute Gasteiger partial charge is 0.494 e. The molecule has 1 unspecified atom stereocenters. The van der Waals surface area contributed by atoms with Crippen LogP contribution in [0.4, 0.5) is 0 Å². The number of aliphatic hydroxyl groups excluding tert-OH is 1. The van der Waals surface area contributed by atoms with Gasteiger partial charge < -0.3 is 15.2 Å². The molecule has 0 bridgehead atoms. The summed E-state index contributed by atoms with van der Waals surface area (Å²) >= 11 is 0. The van der Waals surface area contributed by atoms with E-state index in [-0.39, 0.29) is 12.6 Å². The Kier molecular flexibility index (Phi) is 6.25. The molecule has 2 rings (SSSR count). The van der Waals surface area contributed by atoms with Crippen LogP contribution in [0.5, 0.6) is 5.75 Å². The van der Waals surface area contributed by atoms with Gasteiger partial charge in [-0.15, -0.1) is 0 Å². The quantitative estimate of drug-likeness (QED) is 0.783. The highest BCUT2D eigenvalue weighted by Gasteiger charge is 2.04. The summed E-state index contributed by atoms with van der Waals surface area (Å²) in [6.07, 6.45) is 1.73. The first-order valence-corrected chi connectivity index (χ1v) is 7.35. The van der Waals surface area contributed by atoms with E-state index in [1.807, 2.05) is 25.2 Å². The van der Waals surface area contributed by atoms with Crippen molar-refractivity contribution in [2.45, 2.75) is 18.9 Å². The predicted octanol–water partition coefficient (Wildman–Crippen LogP) is 2.63. The minimum Gasteiger partial charge on any atom is -0.494 e. The van der Waals surface area contributed by atoms with Gasteiger partial charge in [0.2, 0.25) is 0 Å². The Morgan fingerprint density at radius 1 is 1.00 bits per heavy atom. The first-order valence-electron chi connectivity index (χ1n) is 7.35. The molecule has 3 heteroatoms. The molecule has 2 aromatic rings. The highest BCUT2D eigenvalue weighted by molar-refractivity contribution is 5.31. The van der Waals surface area contributed by atoms with E-state index in [9.17, 15) is 0 Å². The number of ether oxygens (including phenoxy) is 1. The zero-order valence-electron chi connectivity index (χ0n) is 12.5. The molecule has 112 valence electrons. The predicted molar refractivity (Wildman–Crippen MR) is 85.7 cm³/mol. The number of hydrogen-bond acceptors (Lipinski definition) is 3. The minimum atomic E-state index is 0.0994. The van der Waals surface area contributed by atoms with Gasteiger partial charge in [-0.3, -0.25) is 0 Å². The summed E-state index contributed by atoms with van der Waals surface area (Å²) in [5.41, 5.74) is 2.59. The lowest BCUT2D eigenvalue weighted by Gasteiger charge is -2.13. The molecular weight excluding hydrogens is 262 g/mol. The second-order valence-corrected chi connectivity index (χ2v) is 5.11. The summed E-state index contributed by atoms with van der Waals surface area (Å²) in [6, 6.07) is 18.7. The van der Waals surface area contributed by atoms with Crippen molar-refractivity contribution >= 4 is 0 Å². The van der Waals surface area contributed by atoms with E-state index in [1.165, 1.54) is 11.1 Å². The monoisotopic (exact) mass is 285 g/mol. The van der Waals surface area contributed by atoms with Crippen LogP contribution < -0.4 is 10.1 Å². The van der Waals surface area contributed by atoms with E-state index >= 15 is 0 Å². The fraction of sp³-hybridized carbons (Fsp3) is 0.333. The van der Waals surface area contributed by atoms with Crippen LogP contribution in [0.15, 0.2) is 54.6 Å². The molecule has 0 aliphatic heterocycles. The molecule has 0 fully saturated rings. The third-order valence-corrected chi connectivity index (χ3v) is 3.54. The van der Waals surface area contributed by atoms with Gasteiger partial charge in [0.25, 0.3) is 0 Å². The number of likely N-dealkylation sites (N-methyl/N-ethyl adjacent to an activating group) is 1. The van der Waals surface area contributed by atoms with Crippen LogP contribution in [0.3, 0.4) is 0 Å². The van der Waals surface area contributed by atoms with Gasteiger partial charge in [-0.2, -0.15) is 0 Å². The number of hydrogen-bond donors (Lipinski definition) is 2. The molecule has 1 atom stereocenters. The molecule has 0 spiro atoms. The summed E-state index contributed by atoms with van der Waals surface area (Å²) < 4.78 is 5.69. The summed E-state index contributed by atoms with van der Waals surface area (Å²) in [6.45, 7) is 0.736. The highest BCUT2D eigenvalue weighted by Crippen LogP contribution is 2.15. The van der Waals surface area contributed by atoms with Gasteiger partial charge >= 0.3 is 0 Å². The summed E-state index contributed by atoms with van der Waals surface area (Å²) in [4.78, 5) is 0. The van der Waals surface area contributed by atoms with Gasteiger partial charge in [-0.1, -0.05) is 42.5 Å². The van der Waals surface area contributed by atoms with Crippen LogP contribution in [-0.2, 0) is 6.42 Å². The Morgan fingerprint density at radius 3 is 2.29 bits per heavy atom. The fourth-order valence-corrected chi connectivity index (χ4v) is 2.18. The van der Waals surface area contributed by atoms with Gasteiger partial charge in [0.05, 0.1) is 13.2 Å². The van der Waals surface area contributed by atoms with Crippen molar-refractivity contribution in [2.75, 3.05) is 20.3 Å². The number of nitrogens with one attached hydrogen (secondary N) is 1. The maximum atomic E-state index is 9.08. The lowest BCUT2D eigenvalue weighted by Crippen LogP contribution is -2.30. The van der Waals surface area contributed by atoms with Gasteiger partial charge in [-0.25, -0.2) is 0 Å². The van der Waals surface area contributed by atoms with Crippen molar-refractivity contribution in [3.63, 3.8) is 0 Å². The molecule has 2 aromatic carbocycles. The third-order valence-electron chi connectivity index (χ3n) is 3.54. The second-order valence-electron chi connectivity index (χ2n) is 5.11. The van der Waals surface area contributed by atoms with E-state index in [0.29, 0.717) is 6.61 Å². The molecule has 0 heterocycles. The van der Waals surface area contributed by atoms with Crippen LogP contribution in [0, 0.1) is 0 Å². The Bertz CT molecular complexity index is 507. The number of benzene rings is 2. The maximum absolute atomic E-state index is 9.08. The smallest absolute Gasteiger partial charge is 0.119 e. The molecule has 2 N–H and O–H groups in total. The standard InChI is InChI=1S/C18H23NO2/c1-19-17(14-20)11-12-21-18-9-7-16(8-10-18)13-15-5-3-2-4-6-15/h2-10,17,19-20H,11-14H2,1H3. The molecule has 0 saturated carbocycles. The summed E-state index contributed by atoms with van der Waals surface area (Å²) in [5, 5.41) is 12.1. The lowest BCUT2D eigenvalue weighted by atomic mass is 10.1. The Morgan fingerprint density at radius 2 is 1.67 bits per heavy atom. The van der Waals surface area contributed by atoms with Crippen molar-refractivity contribution in [3.8, 4) is 5.75 Å². The molecule has 0 aromatic heterocycles. The first-order chi connectivity index (χ1) is 10.3. The Labute approximate surface area is 126 Å². The number of aliphatic hydroxyl groups is 1. The summed E-state index contributed by atoms with van der Waals surface area (Å²) in [5.74, 6) is 0.875. The van der Waals surface area contributed by atoms with Gasteiger partial charge in [0.1, 0.15) is 5.75 Å². The second kappa shape index (κ2) is 8.45. The fourth-order valence-electron chi connectivity index (χ4n) is 2.18. The zero-order valence-corrected chi connectivity index (χ0v) is 12.5. The molecule has 0 aliphatic rings. The maximum Gasteiger partial charge on any atom is 0.119 e. The van der Waals surface area contributed by atoms with Crippen molar-refractivity contribution in [1.29, 1.82) is 0 Å². The van der Waals surface area contributed by atoms with E-state index in [4.69, 9.17) is 9.84 Å². The molecular formula is C18H23NO2. The van der Waals surface area contributed by atoms with Crippen molar-refractivity contribution in [1.82, 2.24) is 5.32 Å². The molecule has 0 aliphatic carbocycles. The zero-order chi connectivity index (χ0) is 14.9. The topological polar surface area (TPSA) is 41.5 Å². The molecule has 0 saturated heterocycles. The van der Waals surface area contributed by atoms with Crippen molar-refractivity contribution < 1.29 is 9.84 Å². The average Bonchev–Trinajstić information content (AvgIpc) is 2.54. The van der Waals surface area contributed by atoms with Crippen molar-refractivity contribution in [3.05, 3.63) is 65.7 Å². The van der Waals surface area contributed by atoms with E-state index in [2.05, 4.69) is 41.7 Å². The van der Waals surface area contributed by atoms with E-state index < -0.39 is 0 Å². The molecule has 0 amide bonds. The van der Waals surface area contributed by atoms with Crippen LogP contribution in [0.25, 0.3) is 0 Å². The van der Waals surface area contributed by atoms with E-state index in [1.54, 1.807) is 0 Å². The average molecular weight is 285 g/mol. The van der Waals surface area contributed by atoms with Gasteiger partial charge in [0, 0.05) is 6.04 Å². The van der Waals surface area contributed by atoms with Crippen LogP contribution in [0.2, 0.25) is 0 Å². The molecule has 0 radical (unpaired) electrons. The third kappa shape index (κ3) is 5.21. The minimum absolute atomic E-state index is 0.0994. The highest BCUT2D eigenvalue weighted by atomic mass is 16.5. The lowest BCUT2D eigenvalue weighted by molar-refractivity contribution is 0.214.